The molecule has 8 unspecified atom stereocenters. The first-order chi connectivity index (χ1) is 23.8. The summed E-state index contributed by atoms with van der Waals surface area (Å²) in [6.07, 6.45) is -1.37. The normalized spacial score (nSPS) is 26.2. The molecular formula is C21H28F2N10O14P4. The van der Waals surface area contributed by atoms with Crippen LogP contribution in [-0.4, -0.2) is 89.3 Å². The molecule has 0 aliphatic carbocycles. The Morgan fingerprint density at radius 3 is 1.49 bits per heavy atom. The Morgan fingerprint density at radius 2 is 1.10 bits per heavy atom. The summed E-state index contributed by atoms with van der Waals surface area (Å²) in [7, 11) is -25.1. The van der Waals surface area contributed by atoms with Crippen LogP contribution in [0, 0.1) is 0 Å². The number of hydrogen-bond acceptors (Lipinski definition) is 18. The molecule has 0 spiro atoms. The molecule has 2 saturated heterocycles. The maximum absolute atomic E-state index is 14.9. The number of ether oxygens (including phenoxy) is 4. The van der Waals surface area contributed by atoms with Crippen molar-refractivity contribution in [3.8, 4) is 0 Å². The van der Waals surface area contributed by atoms with Crippen LogP contribution in [0.15, 0.2) is 25.3 Å². The van der Waals surface area contributed by atoms with Gasteiger partial charge in [-0.1, -0.05) is 0 Å². The van der Waals surface area contributed by atoms with E-state index < -0.39 is 73.5 Å². The average Bonchev–Trinajstić information content (AvgIpc) is 3.84. The Kier molecular flexibility index (Phi) is 10.2. The van der Waals surface area contributed by atoms with Crippen LogP contribution in [0.3, 0.4) is 0 Å². The van der Waals surface area contributed by atoms with Gasteiger partial charge in [0.05, 0.1) is 12.7 Å². The molecule has 4 aromatic rings. The molecule has 2 aliphatic rings. The molecule has 8 atom stereocenters. The van der Waals surface area contributed by atoms with Gasteiger partial charge in [-0.2, -0.15) is 8.78 Å². The second-order valence-electron chi connectivity index (χ2n) is 10.9. The van der Waals surface area contributed by atoms with Gasteiger partial charge in [-0.3, -0.25) is 27.4 Å². The van der Waals surface area contributed by atoms with Gasteiger partial charge in [0, 0.05) is 12.8 Å². The molecule has 0 saturated carbocycles. The SMILES string of the molecule is Nc1ncnc2c1ncn2C1CCC(OCP(=O)(O)OP(=O)(O)C(F)(F)P(=O)(O)OP(=O)(O)COC2CCC(n3cnc4c(N)ncnc43)O2)O1. The number of rotatable bonds is 14. The van der Waals surface area contributed by atoms with E-state index in [1.54, 1.807) is 0 Å². The maximum Gasteiger partial charge on any atom is 0.444 e. The van der Waals surface area contributed by atoms with Crippen molar-refractivity contribution in [3.63, 3.8) is 0 Å². The first kappa shape index (κ1) is 37.8. The van der Waals surface area contributed by atoms with Gasteiger partial charge in [-0.05, 0) is 12.8 Å². The molecule has 280 valence electrons. The minimum absolute atomic E-state index is 0.0719. The van der Waals surface area contributed by atoms with Crippen LogP contribution in [0.25, 0.3) is 22.3 Å². The molecular weight excluding hydrogens is 778 g/mol. The smallest absolute Gasteiger partial charge is 0.382 e. The number of fused-ring (bicyclic) bond motifs is 2. The molecule has 2 fully saturated rings. The quantitative estimate of drug-likeness (QED) is 0.0996. The number of nitrogen functional groups attached to an aromatic ring is 2. The number of nitrogens with two attached hydrogens (primary N) is 2. The standard InChI is InChI=1S/C21H28F2N10O14P4/c22-21(23,50(38,39)46-48(34,35)9-42-13-3-1-11(44-13)32-7-30-15-17(24)26-5-28-19(15)32)51(40,41)47-49(36,37)10-43-14-4-2-12(45-14)33-8-31-16-18(25)27-6-29-20(16)33/h5-8,11-14H,1-4,9-10H2,(H,34,35)(H,36,37)(H,38,39)(H,40,41)(H2,24,26,28)(H2,25,27,29). The topological polar surface area (TPSA) is 344 Å². The second-order valence-corrected chi connectivity index (χ2v) is 18.9. The summed E-state index contributed by atoms with van der Waals surface area (Å²) in [5.41, 5.74) is 12.6. The molecule has 8 N–H and O–H groups in total. The first-order valence-corrected chi connectivity index (χ1v) is 21.0. The number of anilines is 2. The van der Waals surface area contributed by atoms with E-state index in [0.717, 1.165) is 0 Å². The Labute approximate surface area is 283 Å². The summed E-state index contributed by atoms with van der Waals surface area (Å²) in [5, 5.41) is -5.90. The lowest BCUT2D eigenvalue weighted by atomic mass is 10.3. The summed E-state index contributed by atoms with van der Waals surface area (Å²) in [6.45, 7) is 0. The number of alkyl halides is 2. The molecule has 0 bridgehead atoms. The third-order valence-corrected chi connectivity index (χ3v) is 15.0. The van der Waals surface area contributed by atoms with E-state index in [1.165, 1.54) is 34.4 Å². The van der Waals surface area contributed by atoms with E-state index in [9.17, 15) is 46.6 Å². The lowest BCUT2D eigenvalue weighted by Crippen LogP contribution is -2.21. The minimum Gasteiger partial charge on any atom is -0.382 e. The zero-order valence-electron chi connectivity index (χ0n) is 25.5. The zero-order valence-corrected chi connectivity index (χ0v) is 29.1. The van der Waals surface area contributed by atoms with Crippen LogP contribution < -0.4 is 11.5 Å². The van der Waals surface area contributed by atoms with E-state index >= 15 is 0 Å². The van der Waals surface area contributed by atoms with E-state index in [0.29, 0.717) is 11.3 Å². The molecule has 0 aromatic carbocycles. The maximum atomic E-state index is 14.9. The van der Waals surface area contributed by atoms with Crippen LogP contribution >= 0.6 is 30.4 Å². The van der Waals surface area contributed by atoms with Crippen molar-refractivity contribution >= 4 is 64.3 Å². The highest BCUT2D eigenvalue weighted by Crippen LogP contribution is 2.81. The molecule has 2 aliphatic heterocycles. The zero-order chi connectivity index (χ0) is 37.0. The fourth-order valence-electron chi connectivity index (χ4n) is 5.00. The van der Waals surface area contributed by atoms with Crippen molar-refractivity contribution in [1.29, 1.82) is 0 Å². The second kappa shape index (κ2) is 13.8. The Bertz CT molecular complexity index is 2000. The van der Waals surface area contributed by atoms with Crippen molar-refractivity contribution in [1.82, 2.24) is 39.0 Å². The minimum atomic E-state index is -6.94. The lowest BCUT2D eigenvalue weighted by Gasteiger charge is -2.28. The van der Waals surface area contributed by atoms with Crippen LogP contribution in [0.2, 0.25) is 0 Å². The van der Waals surface area contributed by atoms with Crippen LogP contribution in [0.1, 0.15) is 38.1 Å². The summed E-state index contributed by atoms with van der Waals surface area (Å²) < 4.78 is 112. The van der Waals surface area contributed by atoms with Gasteiger partial charge >= 0.3 is 35.8 Å². The van der Waals surface area contributed by atoms with Crippen LogP contribution in [-0.2, 0) is 45.8 Å². The van der Waals surface area contributed by atoms with Gasteiger partial charge in [-0.15, -0.1) is 0 Å². The molecule has 51 heavy (non-hydrogen) atoms. The van der Waals surface area contributed by atoms with Crippen molar-refractivity contribution in [2.45, 2.75) is 56.1 Å². The van der Waals surface area contributed by atoms with Gasteiger partial charge in [0.1, 0.15) is 36.1 Å². The van der Waals surface area contributed by atoms with E-state index in [2.05, 4.69) is 38.5 Å². The Balaban J connectivity index is 1.01. The lowest BCUT2D eigenvalue weighted by molar-refractivity contribution is -0.140. The predicted octanol–water partition coefficient (Wildman–Crippen LogP) is 2.37. The van der Waals surface area contributed by atoms with Gasteiger partial charge in [0.2, 0.25) is 0 Å². The summed E-state index contributed by atoms with van der Waals surface area (Å²) in [4.78, 5) is 63.7. The molecule has 30 heteroatoms. The highest BCUT2D eigenvalue weighted by molar-refractivity contribution is 7.79. The number of halogens is 2. The molecule has 0 amide bonds. The fraction of sp³-hybridized carbons (Fsp3) is 0.524. The molecule has 0 radical (unpaired) electrons. The number of imidazole rings is 2. The van der Waals surface area contributed by atoms with Gasteiger partial charge in [-0.25, -0.2) is 38.5 Å². The largest absolute Gasteiger partial charge is 0.444 e. The van der Waals surface area contributed by atoms with Gasteiger partial charge in [0.15, 0.2) is 48.2 Å². The van der Waals surface area contributed by atoms with Crippen molar-refractivity contribution in [2.75, 3.05) is 24.2 Å². The summed E-state index contributed by atoms with van der Waals surface area (Å²) in [6, 6.07) is 0. The van der Waals surface area contributed by atoms with E-state index in [4.69, 9.17) is 30.4 Å². The molecule has 6 heterocycles. The van der Waals surface area contributed by atoms with Crippen molar-refractivity contribution in [3.05, 3.63) is 25.3 Å². The van der Waals surface area contributed by atoms with Gasteiger partial charge < -0.3 is 50.0 Å². The van der Waals surface area contributed by atoms with Crippen LogP contribution in [0.4, 0.5) is 20.4 Å². The van der Waals surface area contributed by atoms with Crippen LogP contribution in [0.5, 0.6) is 0 Å². The highest BCUT2D eigenvalue weighted by atomic mass is 31.3. The first-order valence-electron chi connectivity index (χ1n) is 14.3. The number of hydrogen-bond donors (Lipinski definition) is 6. The molecule has 24 nitrogen and oxygen atoms in total. The molecule has 6 rings (SSSR count). The van der Waals surface area contributed by atoms with Crippen molar-refractivity contribution < 1.29 is 74.2 Å². The monoisotopic (exact) mass is 806 g/mol. The van der Waals surface area contributed by atoms with Crippen molar-refractivity contribution in [2.24, 2.45) is 0 Å². The van der Waals surface area contributed by atoms with E-state index in [1.807, 2.05) is 0 Å². The molecule has 4 aromatic heterocycles. The summed E-state index contributed by atoms with van der Waals surface area (Å²) >= 11 is 0. The third-order valence-electron chi connectivity index (χ3n) is 7.31. The average molecular weight is 806 g/mol. The number of aromatic nitrogens is 8. The highest BCUT2D eigenvalue weighted by Gasteiger charge is 2.69. The summed E-state index contributed by atoms with van der Waals surface area (Å²) in [5.74, 6) is 0.190. The fourth-order valence-corrected chi connectivity index (χ4v) is 11.6. The Hall–Kier alpha value is -2.92. The van der Waals surface area contributed by atoms with Gasteiger partial charge in [0.25, 0.3) is 0 Å². The predicted molar refractivity (Wildman–Crippen MR) is 164 cm³/mol. The number of nitrogens with zero attached hydrogens (tertiary/aromatic N) is 8. The third kappa shape index (κ3) is 7.75. The Morgan fingerprint density at radius 1 is 0.706 bits per heavy atom. The van der Waals surface area contributed by atoms with E-state index in [-0.39, 0.29) is 48.4 Å².